The highest BCUT2D eigenvalue weighted by molar-refractivity contribution is 7.98. The van der Waals surface area contributed by atoms with Crippen LogP contribution >= 0.6 is 11.8 Å². The zero-order chi connectivity index (χ0) is 20.0. The van der Waals surface area contributed by atoms with E-state index in [1.807, 2.05) is 0 Å². The fourth-order valence-electron chi connectivity index (χ4n) is 4.59. The molecule has 3 rings (SSSR count). The van der Waals surface area contributed by atoms with E-state index in [1.165, 1.54) is 11.8 Å². The van der Waals surface area contributed by atoms with Crippen molar-refractivity contribution in [2.75, 3.05) is 31.5 Å². The molecule has 2 fully saturated rings. The second-order valence-corrected chi connectivity index (χ2v) is 10.8. The molecular formula is C21H34N2O3S2. The summed E-state index contributed by atoms with van der Waals surface area (Å²) < 4.78 is 32.6. The number of nitrogens with one attached hydrogen (secondary N) is 1. The van der Waals surface area contributed by atoms with Gasteiger partial charge in [-0.25, -0.2) is 8.42 Å². The van der Waals surface area contributed by atoms with Crippen LogP contribution in [-0.4, -0.2) is 62.5 Å². The predicted molar refractivity (Wildman–Crippen MR) is 117 cm³/mol. The summed E-state index contributed by atoms with van der Waals surface area (Å²) >= 11 is 1.73. The average Bonchev–Trinajstić information content (AvgIpc) is 2.71. The number of hydrogen-bond donors (Lipinski definition) is 1. The Labute approximate surface area is 174 Å². The van der Waals surface area contributed by atoms with E-state index in [0.29, 0.717) is 19.1 Å². The Morgan fingerprint density at radius 2 is 1.86 bits per heavy atom. The van der Waals surface area contributed by atoms with Crippen LogP contribution in [0.2, 0.25) is 0 Å². The SMILES string of the molecule is CSCN[C@H]1CCCN(S(C)(=O)=O)[C@H]1CO[C@H]1CC[C@@H](c2ccccc2)CC1. The molecule has 0 unspecified atom stereocenters. The number of hydrogen-bond acceptors (Lipinski definition) is 5. The molecule has 0 radical (unpaired) electrons. The lowest BCUT2D eigenvalue weighted by atomic mass is 9.83. The second-order valence-electron chi connectivity index (χ2n) is 8.04. The molecule has 1 saturated heterocycles. The molecule has 0 bridgehead atoms. The number of sulfonamides is 1. The first-order valence-corrected chi connectivity index (χ1v) is 13.6. The van der Waals surface area contributed by atoms with Crippen molar-refractivity contribution in [3.63, 3.8) is 0 Å². The minimum absolute atomic E-state index is 0.109. The van der Waals surface area contributed by atoms with E-state index >= 15 is 0 Å². The van der Waals surface area contributed by atoms with Gasteiger partial charge in [0, 0.05) is 18.5 Å². The van der Waals surface area contributed by atoms with Crippen molar-refractivity contribution in [1.29, 1.82) is 0 Å². The number of thioether (sulfide) groups is 1. The lowest BCUT2D eigenvalue weighted by molar-refractivity contribution is -0.0110. The van der Waals surface area contributed by atoms with Crippen molar-refractivity contribution in [3.8, 4) is 0 Å². The number of ether oxygens (including phenoxy) is 1. The molecule has 1 aliphatic carbocycles. The first-order chi connectivity index (χ1) is 13.5. The zero-order valence-electron chi connectivity index (χ0n) is 17.0. The van der Waals surface area contributed by atoms with Gasteiger partial charge in [0.1, 0.15) is 0 Å². The molecule has 158 valence electrons. The molecule has 1 aliphatic heterocycles. The van der Waals surface area contributed by atoms with Crippen LogP contribution in [-0.2, 0) is 14.8 Å². The number of rotatable bonds is 8. The maximum absolute atomic E-state index is 12.3. The summed E-state index contributed by atoms with van der Waals surface area (Å²) in [6, 6.07) is 10.8. The predicted octanol–water partition coefficient (Wildman–Crippen LogP) is 3.43. The molecule has 1 heterocycles. The summed E-state index contributed by atoms with van der Waals surface area (Å²) in [7, 11) is -3.22. The molecule has 1 N–H and O–H groups in total. The van der Waals surface area contributed by atoms with Crippen molar-refractivity contribution in [3.05, 3.63) is 35.9 Å². The maximum Gasteiger partial charge on any atom is 0.211 e. The summed E-state index contributed by atoms with van der Waals surface area (Å²) in [5, 5.41) is 3.52. The van der Waals surface area contributed by atoms with Crippen LogP contribution in [0.4, 0.5) is 0 Å². The van der Waals surface area contributed by atoms with E-state index in [4.69, 9.17) is 4.74 Å². The smallest absolute Gasteiger partial charge is 0.211 e. The molecule has 1 aromatic carbocycles. The Balaban J connectivity index is 1.56. The summed E-state index contributed by atoms with van der Waals surface area (Å²) in [5.41, 5.74) is 1.43. The second kappa shape index (κ2) is 10.4. The monoisotopic (exact) mass is 426 g/mol. The van der Waals surface area contributed by atoms with E-state index in [9.17, 15) is 8.42 Å². The van der Waals surface area contributed by atoms with Gasteiger partial charge < -0.3 is 10.1 Å². The third-order valence-corrected chi connectivity index (χ3v) is 7.85. The Morgan fingerprint density at radius 1 is 1.14 bits per heavy atom. The lowest BCUT2D eigenvalue weighted by Gasteiger charge is -2.41. The highest BCUT2D eigenvalue weighted by Gasteiger charge is 2.37. The Hall–Kier alpha value is -0.600. The third kappa shape index (κ3) is 5.95. The summed E-state index contributed by atoms with van der Waals surface area (Å²) in [6.45, 7) is 1.09. The minimum Gasteiger partial charge on any atom is -0.376 e. The van der Waals surface area contributed by atoms with Gasteiger partial charge in [0.2, 0.25) is 10.0 Å². The van der Waals surface area contributed by atoms with E-state index in [0.717, 1.165) is 44.4 Å². The molecule has 0 amide bonds. The number of piperidine rings is 1. The van der Waals surface area contributed by atoms with Gasteiger partial charge >= 0.3 is 0 Å². The molecule has 1 aromatic rings. The fourth-order valence-corrected chi connectivity index (χ4v) is 6.13. The van der Waals surface area contributed by atoms with Crippen molar-refractivity contribution < 1.29 is 13.2 Å². The molecule has 0 spiro atoms. The van der Waals surface area contributed by atoms with Gasteiger partial charge in [-0.1, -0.05) is 30.3 Å². The van der Waals surface area contributed by atoms with E-state index in [2.05, 4.69) is 41.9 Å². The van der Waals surface area contributed by atoms with Crippen LogP contribution in [0, 0.1) is 0 Å². The average molecular weight is 427 g/mol. The van der Waals surface area contributed by atoms with Crippen LogP contribution in [0.25, 0.3) is 0 Å². The molecule has 1 saturated carbocycles. The number of benzene rings is 1. The van der Waals surface area contributed by atoms with E-state index < -0.39 is 10.0 Å². The van der Waals surface area contributed by atoms with Crippen LogP contribution in [0.3, 0.4) is 0 Å². The molecule has 28 heavy (non-hydrogen) atoms. The van der Waals surface area contributed by atoms with Gasteiger partial charge in [-0.3, -0.25) is 0 Å². The van der Waals surface area contributed by atoms with Crippen LogP contribution in [0.5, 0.6) is 0 Å². The molecular weight excluding hydrogens is 392 g/mol. The Bertz CT molecular complexity index is 691. The largest absolute Gasteiger partial charge is 0.376 e. The maximum atomic E-state index is 12.3. The fraction of sp³-hybridized carbons (Fsp3) is 0.714. The zero-order valence-corrected chi connectivity index (χ0v) is 18.7. The quantitative estimate of drug-likeness (QED) is 0.646. The van der Waals surface area contributed by atoms with E-state index in [1.54, 1.807) is 16.1 Å². The van der Waals surface area contributed by atoms with Crippen LogP contribution in [0.15, 0.2) is 30.3 Å². The van der Waals surface area contributed by atoms with Gasteiger partial charge in [0.05, 0.1) is 25.0 Å². The molecule has 2 aliphatic rings. The normalized spacial score (nSPS) is 29.6. The topological polar surface area (TPSA) is 58.6 Å². The van der Waals surface area contributed by atoms with Gasteiger partial charge in [-0.15, -0.1) is 11.8 Å². The first-order valence-electron chi connectivity index (χ1n) is 10.3. The Kier molecular flexibility index (Phi) is 8.23. The van der Waals surface area contributed by atoms with Crippen LogP contribution in [0.1, 0.15) is 50.0 Å². The first kappa shape index (κ1) is 22.1. The lowest BCUT2D eigenvalue weighted by Crippen LogP contribution is -2.57. The highest BCUT2D eigenvalue weighted by atomic mass is 32.2. The molecule has 0 aromatic heterocycles. The summed E-state index contributed by atoms with van der Waals surface area (Å²) in [6.07, 6.45) is 9.90. The molecule has 7 heteroatoms. The van der Waals surface area contributed by atoms with Gasteiger partial charge in [0.15, 0.2) is 0 Å². The molecule has 2 atom stereocenters. The van der Waals surface area contributed by atoms with Crippen LogP contribution < -0.4 is 5.32 Å². The van der Waals surface area contributed by atoms with Gasteiger partial charge in [0.25, 0.3) is 0 Å². The standard InChI is InChI=1S/C21H34N2O3S2/c1-27-16-22-20-9-6-14-23(28(2,24)25)21(20)15-26-19-12-10-18(11-13-19)17-7-4-3-5-8-17/h3-5,7-8,18-22H,6,9-16H2,1-2H3/t18-,19+,20-,21-/m0/s1. The Morgan fingerprint density at radius 3 is 2.50 bits per heavy atom. The van der Waals surface area contributed by atoms with Crippen molar-refractivity contribution >= 4 is 21.8 Å². The highest BCUT2D eigenvalue weighted by Crippen LogP contribution is 2.34. The van der Waals surface area contributed by atoms with Crippen molar-refractivity contribution in [2.45, 2.75) is 62.6 Å². The van der Waals surface area contributed by atoms with Gasteiger partial charge in [-0.2, -0.15) is 4.31 Å². The summed E-state index contributed by atoms with van der Waals surface area (Å²) in [4.78, 5) is 0. The van der Waals surface area contributed by atoms with Crippen molar-refractivity contribution in [1.82, 2.24) is 9.62 Å². The summed E-state index contributed by atoms with van der Waals surface area (Å²) in [5.74, 6) is 1.46. The third-order valence-electron chi connectivity index (χ3n) is 6.09. The number of nitrogens with zero attached hydrogens (tertiary/aromatic N) is 1. The molecule has 5 nitrogen and oxygen atoms in total. The van der Waals surface area contributed by atoms with E-state index in [-0.39, 0.29) is 18.2 Å². The van der Waals surface area contributed by atoms with Gasteiger partial charge in [-0.05, 0) is 56.3 Å². The minimum atomic E-state index is -3.22. The van der Waals surface area contributed by atoms with Crippen molar-refractivity contribution in [2.24, 2.45) is 0 Å².